The van der Waals surface area contributed by atoms with Gasteiger partial charge in [0.25, 0.3) is 0 Å². The fourth-order valence-corrected chi connectivity index (χ4v) is 5.96. The molecule has 5 amide bonds. The molecule has 1 fully saturated rings. The predicted molar refractivity (Wildman–Crippen MR) is 178 cm³/mol. The molecule has 1 aliphatic rings. The monoisotopic (exact) mass is 660 g/mol. The van der Waals surface area contributed by atoms with Gasteiger partial charge in [-0.25, -0.2) is 0 Å². The number of benzene rings is 2. The Hall–Kier alpha value is -5.20. The van der Waals surface area contributed by atoms with Crippen molar-refractivity contribution in [2.75, 3.05) is 0 Å². The molecule has 0 saturated carbocycles. The van der Waals surface area contributed by atoms with Crippen molar-refractivity contribution in [1.29, 1.82) is 0 Å². The Balaban J connectivity index is 1.55. The molecule has 0 spiro atoms. The van der Waals surface area contributed by atoms with Crippen molar-refractivity contribution in [2.45, 2.75) is 94.8 Å². The molecule has 13 heteroatoms. The number of rotatable bonds is 11. The summed E-state index contributed by atoms with van der Waals surface area (Å²) in [5.74, 6) is -4.74. The van der Waals surface area contributed by atoms with Crippen LogP contribution in [0, 0.1) is 0 Å². The maximum atomic E-state index is 14.0. The van der Waals surface area contributed by atoms with E-state index in [1.54, 1.807) is 43.5 Å². The van der Waals surface area contributed by atoms with Gasteiger partial charge in [-0.1, -0.05) is 74.2 Å². The molecule has 4 rings (SSSR count). The summed E-state index contributed by atoms with van der Waals surface area (Å²) in [6.07, 6.45) is 5.26. The van der Waals surface area contributed by atoms with Crippen LogP contribution in [0.1, 0.15) is 69.4 Å². The van der Waals surface area contributed by atoms with Crippen molar-refractivity contribution in [3.05, 3.63) is 71.9 Å². The van der Waals surface area contributed by atoms with Gasteiger partial charge >= 0.3 is 5.97 Å². The number of nitrogens with one attached hydrogen (secondary N) is 5. The third-order valence-electron chi connectivity index (χ3n) is 8.61. The second-order valence-corrected chi connectivity index (χ2v) is 12.6. The zero-order chi connectivity index (χ0) is 34.7. The molecular formula is C35H44N6O7. The average Bonchev–Trinajstić information content (AvgIpc) is 3.45. The van der Waals surface area contributed by atoms with Crippen molar-refractivity contribution in [1.82, 2.24) is 26.3 Å². The van der Waals surface area contributed by atoms with E-state index in [0.29, 0.717) is 12.8 Å². The minimum atomic E-state index is -1.56. The van der Waals surface area contributed by atoms with Gasteiger partial charge in [0.05, 0.1) is 6.42 Å². The molecule has 13 nitrogen and oxygen atoms in total. The highest BCUT2D eigenvalue weighted by atomic mass is 16.4. The second kappa shape index (κ2) is 16.6. The number of hydrogen-bond donors (Lipinski definition) is 7. The number of H-pyrrole nitrogens is 1. The lowest BCUT2D eigenvalue weighted by molar-refractivity contribution is -0.141. The molecule has 1 aliphatic heterocycles. The minimum absolute atomic E-state index is 0.0645. The number of carbonyl (C=O) groups is 6. The number of aromatic amines is 1. The quantitative estimate of drug-likeness (QED) is 0.162. The minimum Gasteiger partial charge on any atom is -0.481 e. The van der Waals surface area contributed by atoms with Gasteiger partial charge in [0, 0.05) is 36.4 Å². The average molecular weight is 661 g/mol. The first-order valence-corrected chi connectivity index (χ1v) is 16.3. The SMILES string of the molecule is C[C@]1(Cc2c[nH]c3ccccc23)NC(=O)CCCCCCC[C@H](C(=O)N[C@@H](CC(=O)O)C(=O)N[C@@H](Cc2ccccc2)C(N)=O)NC1=O. The first-order chi connectivity index (χ1) is 22.9. The summed E-state index contributed by atoms with van der Waals surface area (Å²) in [4.78, 5) is 81.2. The number of aliphatic carboxylic acids is 1. The molecule has 1 aromatic heterocycles. The van der Waals surface area contributed by atoms with Crippen LogP contribution in [-0.2, 0) is 41.6 Å². The third-order valence-corrected chi connectivity index (χ3v) is 8.61. The zero-order valence-corrected chi connectivity index (χ0v) is 27.1. The van der Waals surface area contributed by atoms with Gasteiger partial charge in [-0.05, 0) is 37.0 Å². The molecule has 0 radical (unpaired) electrons. The van der Waals surface area contributed by atoms with E-state index in [1.807, 2.05) is 24.3 Å². The van der Waals surface area contributed by atoms with Crippen LogP contribution in [0.5, 0.6) is 0 Å². The second-order valence-electron chi connectivity index (χ2n) is 12.6. The Morgan fingerprint density at radius 1 is 0.938 bits per heavy atom. The molecule has 8 N–H and O–H groups in total. The molecule has 256 valence electrons. The first-order valence-electron chi connectivity index (χ1n) is 16.3. The number of carbonyl (C=O) groups excluding carboxylic acids is 5. The van der Waals surface area contributed by atoms with E-state index in [0.717, 1.165) is 41.3 Å². The predicted octanol–water partition coefficient (Wildman–Crippen LogP) is 1.99. The lowest BCUT2D eigenvalue weighted by atomic mass is 9.90. The van der Waals surface area contributed by atoms with Crippen LogP contribution < -0.4 is 27.0 Å². The van der Waals surface area contributed by atoms with Crippen molar-refractivity contribution < 1.29 is 33.9 Å². The third kappa shape index (κ3) is 9.90. The van der Waals surface area contributed by atoms with Gasteiger partial charge < -0.3 is 37.1 Å². The van der Waals surface area contributed by atoms with Gasteiger partial charge in [-0.2, -0.15) is 0 Å². The summed E-state index contributed by atoms with van der Waals surface area (Å²) in [6.45, 7) is 1.61. The molecule has 48 heavy (non-hydrogen) atoms. The van der Waals surface area contributed by atoms with Gasteiger partial charge in [-0.3, -0.25) is 28.8 Å². The maximum absolute atomic E-state index is 14.0. The van der Waals surface area contributed by atoms with E-state index in [2.05, 4.69) is 26.3 Å². The van der Waals surface area contributed by atoms with E-state index in [-0.39, 0.29) is 31.6 Å². The number of para-hydroxylation sites is 1. The van der Waals surface area contributed by atoms with E-state index < -0.39 is 59.7 Å². The summed E-state index contributed by atoms with van der Waals surface area (Å²) < 4.78 is 0. The molecule has 2 aromatic carbocycles. The van der Waals surface area contributed by atoms with Gasteiger partial charge in [0.1, 0.15) is 23.7 Å². The fourth-order valence-electron chi connectivity index (χ4n) is 5.96. The van der Waals surface area contributed by atoms with Crippen LogP contribution in [0.25, 0.3) is 10.9 Å². The van der Waals surface area contributed by atoms with Crippen LogP contribution in [0.3, 0.4) is 0 Å². The van der Waals surface area contributed by atoms with E-state index in [9.17, 15) is 33.9 Å². The molecular weight excluding hydrogens is 616 g/mol. The smallest absolute Gasteiger partial charge is 0.305 e. The molecule has 1 saturated heterocycles. The molecule has 4 atom stereocenters. The highest BCUT2D eigenvalue weighted by Gasteiger charge is 2.39. The Morgan fingerprint density at radius 2 is 1.62 bits per heavy atom. The highest BCUT2D eigenvalue weighted by Crippen LogP contribution is 2.24. The summed E-state index contributed by atoms with van der Waals surface area (Å²) in [5.41, 5.74) is 6.48. The molecule has 0 aliphatic carbocycles. The van der Waals surface area contributed by atoms with E-state index >= 15 is 0 Å². The Labute approximate surface area is 278 Å². The maximum Gasteiger partial charge on any atom is 0.305 e. The van der Waals surface area contributed by atoms with Crippen molar-refractivity contribution in [2.24, 2.45) is 5.73 Å². The largest absolute Gasteiger partial charge is 0.481 e. The zero-order valence-electron chi connectivity index (χ0n) is 27.1. The summed E-state index contributed by atoms with van der Waals surface area (Å²) in [5, 5.41) is 21.1. The lowest BCUT2D eigenvalue weighted by Crippen LogP contribution is -2.62. The Morgan fingerprint density at radius 3 is 2.35 bits per heavy atom. The number of carboxylic acids is 1. The summed E-state index contributed by atoms with van der Waals surface area (Å²) >= 11 is 0. The summed E-state index contributed by atoms with van der Waals surface area (Å²) in [7, 11) is 0. The number of primary amides is 1. The van der Waals surface area contributed by atoms with Crippen LogP contribution in [0.15, 0.2) is 60.8 Å². The summed E-state index contributed by atoms with van der Waals surface area (Å²) in [6, 6.07) is 12.5. The number of fused-ring (bicyclic) bond motifs is 1. The molecule has 2 heterocycles. The topological polar surface area (TPSA) is 213 Å². The van der Waals surface area contributed by atoms with Crippen molar-refractivity contribution >= 4 is 46.4 Å². The standard InChI is InChI=1S/C35H44N6O7/c1-35(20-23-21-37-25-15-11-10-14-24(23)25)34(48)40-26(16-8-3-2-4-9-17-29(42)41-35)32(46)39-28(19-30(43)44)33(47)38-27(31(36)45)18-22-12-6-5-7-13-22/h5-7,10-15,21,26-28,37H,2-4,8-9,16-20H2,1H3,(H2,36,45)(H,38,47)(H,39,46)(H,40,48)(H,41,42)(H,43,44)/t26-,27+,28+,35-/m1/s1. The number of aromatic nitrogens is 1. The number of amides is 5. The lowest BCUT2D eigenvalue weighted by Gasteiger charge is -2.32. The van der Waals surface area contributed by atoms with Crippen LogP contribution >= 0.6 is 0 Å². The molecule has 0 bridgehead atoms. The van der Waals surface area contributed by atoms with Crippen LogP contribution in [-0.4, -0.2) is 69.3 Å². The van der Waals surface area contributed by atoms with Gasteiger partial charge in [-0.15, -0.1) is 0 Å². The van der Waals surface area contributed by atoms with Crippen LogP contribution in [0.2, 0.25) is 0 Å². The van der Waals surface area contributed by atoms with E-state index in [1.165, 1.54) is 0 Å². The molecule has 0 unspecified atom stereocenters. The Kier molecular flexibility index (Phi) is 12.3. The van der Waals surface area contributed by atoms with E-state index in [4.69, 9.17) is 5.73 Å². The van der Waals surface area contributed by atoms with Crippen molar-refractivity contribution in [3.8, 4) is 0 Å². The number of nitrogens with two attached hydrogens (primary N) is 1. The Bertz CT molecular complexity index is 1620. The van der Waals surface area contributed by atoms with Crippen LogP contribution in [0.4, 0.5) is 0 Å². The first kappa shape index (κ1) is 35.7. The normalized spacial score (nSPS) is 20.5. The fraction of sp³-hybridized carbons (Fsp3) is 0.429. The van der Waals surface area contributed by atoms with Gasteiger partial charge in [0.15, 0.2) is 0 Å². The number of carboxylic acid groups (broad SMARTS) is 1. The number of hydrogen-bond acceptors (Lipinski definition) is 6. The van der Waals surface area contributed by atoms with Gasteiger partial charge in [0.2, 0.25) is 29.5 Å². The molecule has 3 aromatic rings. The van der Waals surface area contributed by atoms with Crippen molar-refractivity contribution in [3.63, 3.8) is 0 Å². The highest BCUT2D eigenvalue weighted by molar-refractivity contribution is 5.98.